The van der Waals surface area contributed by atoms with E-state index in [1.807, 2.05) is 66.7 Å². The van der Waals surface area contributed by atoms with Crippen LogP contribution in [0.3, 0.4) is 0 Å². The van der Waals surface area contributed by atoms with Crippen molar-refractivity contribution in [1.29, 1.82) is 0 Å². The molecule has 3 aromatic carbocycles. The number of nitrogens with zero attached hydrogens (tertiary/aromatic N) is 2. The van der Waals surface area contributed by atoms with Gasteiger partial charge in [0.15, 0.2) is 0 Å². The molecular formula is C30H35N3O3. The lowest BCUT2D eigenvalue weighted by molar-refractivity contribution is -0.139. The van der Waals surface area contributed by atoms with Crippen LogP contribution in [0.25, 0.3) is 10.8 Å². The quantitative estimate of drug-likeness (QED) is 0.369. The van der Waals surface area contributed by atoms with E-state index in [-0.39, 0.29) is 24.1 Å². The van der Waals surface area contributed by atoms with Crippen molar-refractivity contribution >= 4 is 34.2 Å². The third-order valence-electron chi connectivity index (χ3n) is 6.90. The lowest BCUT2D eigenvalue weighted by Crippen LogP contribution is -2.49. The molecule has 1 aliphatic heterocycles. The zero-order valence-corrected chi connectivity index (χ0v) is 21.2. The number of anilines is 1. The van der Waals surface area contributed by atoms with Crippen molar-refractivity contribution in [3.8, 4) is 0 Å². The predicted molar refractivity (Wildman–Crippen MR) is 144 cm³/mol. The molecular weight excluding hydrogens is 450 g/mol. The van der Waals surface area contributed by atoms with E-state index in [0.29, 0.717) is 32.5 Å². The average molecular weight is 486 g/mol. The minimum atomic E-state index is -0.551. The number of hydrogen-bond donors (Lipinski definition) is 1. The number of unbranched alkanes of at least 4 members (excludes halogenated alkanes) is 1. The highest BCUT2D eigenvalue weighted by Gasteiger charge is 2.30. The molecule has 1 atom stereocenters. The van der Waals surface area contributed by atoms with Crippen LogP contribution in [0.5, 0.6) is 0 Å². The van der Waals surface area contributed by atoms with Crippen molar-refractivity contribution in [1.82, 2.24) is 10.2 Å². The Labute approximate surface area is 213 Å². The van der Waals surface area contributed by atoms with E-state index in [1.165, 1.54) is 0 Å². The lowest BCUT2D eigenvalue weighted by Gasteiger charge is -2.29. The average Bonchev–Trinajstić information content (AvgIpc) is 3.17. The van der Waals surface area contributed by atoms with Gasteiger partial charge in [-0.25, -0.2) is 0 Å². The Hall–Kier alpha value is -3.67. The van der Waals surface area contributed by atoms with Gasteiger partial charge in [0.2, 0.25) is 11.8 Å². The summed E-state index contributed by atoms with van der Waals surface area (Å²) in [6, 6.07) is 21.2. The van der Waals surface area contributed by atoms with E-state index >= 15 is 0 Å². The van der Waals surface area contributed by atoms with Gasteiger partial charge in [-0.15, -0.1) is 0 Å². The summed E-state index contributed by atoms with van der Waals surface area (Å²) in [6.07, 6.45) is 3.40. The van der Waals surface area contributed by atoms with Crippen LogP contribution in [0, 0.1) is 0 Å². The van der Waals surface area contributed by atoms with Gasteiger partial charge < -0.3 is 15.1 Å². The van der Waals surface area contributed by atoms with Crippen molar-refractivity contribution in [2.75, 3.05) is 24.5 Å². The van der Waals surface area contributed by atoms with Gasteiger partial charge in [0.05, 0.1) is 5.69 Å². The molecule has 1 heterocycles. The molecule has 0 unspecified atom stereocenters. The molecule has 0 saturated heterocycles. The molecule has 6 heteroatoms. The highest BCUT2D eigenvalue weighted by atomic mass is 16.2. The summed E-state index contributed by atoms with van der Waals surface area (Å²) in [4.78, 5) is 42.6. The van der Waals surface area contributed by atoms with E-state index < -0.39 is 6.04 Å². The molecule has 6 nitrogen and oxygen atoms in total. The highest BCUT2D eigenvalue weighted by Crippen LogP contribution is 2.37. The molecule has 0 aliphatic carbocycles. The van der Waals surface area contributed by atoms with Crippen LogP contribution in [-0.4, -0.2) is 48.3 Å². The van der Waals surface area contributed by atoms with Gasteiger partial charge in [-0.2, -0.15) is 0 Å². The number of rotatable bonds is 12. The first-order valence-electron chi connectivity index (χ1n) is 13.0. The smallest absolute Gasteiger partial charge is 0.258 e. The summed E-state index contributed by atoms with van der Waals surface area (Å²) in [5.41, 5.74) is 2.75. The summed E-state index contributed by atoms with van der Waals surface area (Å²) in [5, 5.41) is 4.99. The Bertz CT molecular complexity index is 1220. The minimum absolute atomic E-state index is 0.0150. The maximum Gasteiger partial charge on any atom is 0.258 e. The Morgan fingerprint density at radius 1 is 0.972 bits per heavy atom. The molecule has 0 aromatic heterocycles. The Kier molecular flexibility index (Phi) is 8.36. The SMILES string of the molecule is CCCCNC(=O)[C@@H](C)N(CCc1ccccc1)C(=O)CCCN1C(=O)c2cccc3cccc1c23. The molecule has 3 aromatic rings. The Morgan fingerprint density at radius 2 is 1.72 bits per heavy atom. The predicted octanol–water partition coefficient (Wildman–Crippen LogP) is 4.96. The highest BCUT2D eigenvalue weighted by molar-refractivity contribution is 6.25. The maximum absolute atomic E-state index is 13.3. The van der Waals surface area contributed by atoms with Gasteiger partial charge in [0, 0.05) is 37.0 Å². The maximum atomic E-state index is 13.3. The molecule has 0 radical (unpaired) electrons. The van der Waals surface area contributed by atoms with Crippen LogP contribution in [0.2, 0.25) is 0 Å². The topological polar surface area (TPSA) is 69.7 Å². The zero-order chi connectivity index (χ0) is 25.5. The van der Waals surface area contributed by atoms with E-state index in [4.69, 9.17) is 0 Å². The van der Waals surface area contributed by atoms with Crippen LogP contribution < -0.4 is 10.2 Å². The van der Waals surface area contributed by atoms with Crippen LogP contribution >= 0.6 is 0 Å². The molecule has 1 N–H and O–H groups in total. The fourth-order valence-electron chi connectivity index (χ4n) is 4.84. The Morgan fingerprint density at radius 3 is 2.47 bits per heavy atom. The zero-order valence-electron chi connectivity index (χ0n) is 21.2. The summed E-state index contributed by atoms with van der Waals surface area (Å²) in [5.74, 6) is -0.202. The number of carbonyl (C=O) groups excluding carboxylic acids is 3. The van der Waals surface area contributed by atoms with Gasteiger partial charge in [0.25, 0.3) is 5.91 Å². The molecule has 3 amide bonds. The summed E-state index contributed by atoms with van der Waals surface area (Å²) in [6.45, 7) is 5.42. The molecule has 0 saturated carbocycles. The summed E-state index contributed by atoms with van der Waals surface area (Å²) < 4.78 is 0. The third-order valence-corrected chi connectivity index (χ3v) is 6.90. The van der Waals surface area contributed by atoms with Crippen molar-refractivity contribution in [2.24, 2.45) is 0 Å². The van der Waals surface area contributed by atoms with Crippen molar-refractivity contribution in [2.45, 2.75) is 52.0 Å². The van der Waals surface area contributed by atoms with Gasteiger partial charge >= 0.3 is 0 Å². The fraction of sp³-hybridized carbons (Fsp3) is 0.367. The molecule has 1 aliphatic rings. The van der Waals surface area contributed by atoms with Gasteiger partial charge in [-0.1, -0.05) is 67.9 Å². The fourth-order valence-corrected chi connectivity index (χ4v) is 4.84. The lowest BCUT2D eigenvalue weighted by atomic mass is 10.1. The van der Waals surface area contributed by atoms with Crippen LogP contribution in [0.4, 0.5) is 5.69 Å². The van der Waals surface area contributed by atoms with E-state index in [9.17, 15) is 14.4 Å². The number of amides is 3. The largest absolute Gasteiger partial charge is 0.354 e. The number of hydrogen-bond acceptors (Lipinski definition) is 3. The number of benzene rings is 3. The van der Waals surface area contributed by atoms with Crippen molar-refractivity contribution in [3.63, 3.8) is 0 Å². The number of nitrogens with one attached hydrogen (secondary N) is 1. The normalized spacial score (nSPS) is 13.2. The molecule has 0 fully saturated rings. The van der Waals surface area contributed by atoms with E-state index in [1.54, 1.807) is 16.7 Å². The molecule has 0 bridgehead atoms. The van der Waals surface area contributed by atoms with Gasteiger partial charge in [-0.05, 0) is 49.3 Å². The van der Waals surface area contributed by atoms with Gasteiger partial charge in [-0.3, -0.25) is 14.4 Å². The number of carbonyl (C=O) groups is 3. The molecule has 0 spiro atoms. The van der Waals surface area contributed by atoms with E-state index in [0.717, 1.165) is 40.4 Å². The van der Waals surface area contributed by atoms with Crippen molar-refractivity contribution in [3.05, 3.63) is 77.9 Å². The minimum Gasteiger partial charge on any atom is -0.354 e. The van der Waals surface area contributed by atoms with E-state index in [2.05, 4.69) is 12.2 Å². The van der Waals surface area contributed by atoms with Gasteiger partial charge in [0.1, 0.15) is 6.04 Å². The van der Waals surface area contributed by atoms with Crippen LogP contribution in [0.1, 0.15) is 55.5 Å². The monoisotopic (exact) mass is 485 g/mol. The second-order valence-electron chi connectivity index (χ2n) is 9.38. The molecule has 4 rings (SSSR count). The first-order valence-corrected chi connectivity index (χ1v) is 13.0. The second kappa shape index (κ2) is 11.8. The molecule has 36 heavy (non-hydrogen) atoms. The Balaban J connectivity index is 1.40. The summed E-state index contributed by atoms with van der Waals surface area (Å²) in [7, 11) is 0. The first-order chi connectivity index (χ1) is 17.5. The van der Waals surface area contributed by atoms with Crippen LogP contribution in [-0.2, 0) is 16.0 Å². The van der Waals surface area contributed by atoms with Crippen LogP contribution in [0.15, 0.2) is 66.7 Å². The van der Waals surface area contributed by atoms with Crippen molar-refractivity contribution < 1.29 is 14.4 Å². The summed E-state index contributed by atoms with van der Waals surface area (Å²) >= 11 is 0. The third kappa shape index (κ3) is 5.59. The second-order valence-corrected chi connectivity index (χ2v) is 9.38. The molecule has 188 valence electrons. The first kappa shape index (κ1) is 25.4. The standard InChI is InChI=1S/C30H35N3O3/c1-3-4-19-31-29(35)22(2)32(21-18-23-11-6-5-7-12-23)27(34)17-10-20-33-26-16-9-14-24-13-8-15-25(28(24)26)30(33)36/h5-9,11-16,22H,3-4,10,17-21H2,1-2H3,(H,31,35)/t22-/m1/s1.